The lowest BCUT2D eigenvalue weighted by Crippen LogP contribution is -2.41. The van der Waals surface area contributed by atoms with Crippen molar-refractivity contribution in [2.45, 2.75) is 0 Å². The van der Waals surface area contributed by atoms with E-state index < -0.39 is 5.83 Å². The number of pyridine rings is 1. The zero-order valence-corrected chi connectivity index (χ0v) is 20.4. The Hall–Kier alpha value is -4.22. The number of amidine groups is 1. The number of benzene rings is 1. The second-order valence-electron chi connectivity index (χ2n) is 8.02. The number of anilines is 2. The van der Waals surface area contributed by atoms with E-state index >= 15 is 0 Å². The van der Waals surface area contributed by atoms with Gasteiger partial charge in [0.15, 0.2) is 11.7 Å². The van der Waals surface area contributed by atoms with Crippen LogP contribution in [0.2, 0.25) is 5.02 Å². The second-order valence-corrected chi connectivity index (χ2v) is 8.43. The van der Waals surface area contributed by atoms with Gasteiger partial charge < -0.3 is 15.0 Å². The molecule has 37 heavy (non-hydrogen) atoms. The van der Waals surface area contributed by atoms with E-state index in [-0.39, 0.29) is 18.3 Å². The summed E-state index contributed by atoms with van der Waals surface area (Å²) in [5, 5.41) is 16.0. The molecule has 0 bridgehead atoms. The van der Waals surface area contributed by atoms with E-state index in [4.69, 9.17) is 16.3 Å². The van der Waals surface area contributed by atoms with Gasteiger partial charge in [0.05, 0.1) is 60.0 Å². The Labute approximate surface area is 217 Å². The van der Waals surface area contributed by atoms with E-state index in [1.807, 2.05) is 41.3 Å². The van der Waals surface area contributed by atoms with Gasteiger partial charge in [-0.05, 0) is 42.5 Å². The SMILES string of the molecule is FC1=CCN=C(N/N=C/c2ccc(Nc3ccc(-c4cccnn4)cc3Cl)cn2)N=C1N1CCOCC1. The minimum atomic E-state index is -0.403. The molecule has 0 radical (unpaired) electrons. The minimum absolute atomic E-state index is 0.169. The number of rotatable bonds is 5. The number of ether oxygens (including phenoxy) is 1. The standard InChI is InChI=1S/C25H23ClFN9O/c26-20-14-17(22-2-1-8-30-34-22)3-6-23(20)32-19-5-4-18(29-15-19)16-31-35-25-28-9-7-21(27)24(33-25)36-10-12-37-13-11-36/h1-8,14-16,32H,9-13H2,(H,28,35)/b31-16+. The third kappa shape index (κ3) is 6.32. The summed E-state index contributed by atoms with van der Waals surface area (Å²) in [6, 6.07) is 13.0. The van der Waals surface area contributed by atoms with Crippen molar-refractivity contribution in [1.29, 1.82) is 0 Å². The lowest BCUT2D eigenvalue weighted by molar-refractivity contribution is 0.0677. The first-order valence-corrected chi connectivity index (χ1v) is 12.0. The van der Waals surface area contributed by atoms with E-state index in [0.29, 0.717) is 37.0 Å². The van der Waals surface area contributed by atoms with Crippen molar-refractivity contribution in [3.8, 4) is 11.3 Å². The number of nitrogens with one attached hydrogen (secondary N) is 2. The average molecular weight is 520 g/mol. The number of nitrogens with zero attached hydrogens (tertiary/aromatic N) is 7. The van der Waals surface area contributed by atoms with Crippen molar-refractivity contribution >= 4 is 41.0 Å². The fourth-order valence-corrected chi connectivity index (χ4v) is 3.88. The molecule has 10 nitrogen and oxygen atoms in total. The third-order valence-corrected chi connectivity index (χ3v) is 5.82. The van der Waals surface area contributed by atoms with Crippen molar-refractivity contribution in [3.05, 3.63) is 77.5 Å². The predicted molar refractivity (Wildman–Crippen MR) is 142 cm³/mol. The maximum atomic E-state index is 14.4. The van der Waals surface area contributed by atoms with Gasteiger partial charge >= 0.3 is 0 Å². The van der Waals surface area contributed by atoms with Gasteiger partial charge in [0.2, 0.25) is 5.96 Å². The summed E-state index contributed by atoms with van der Waals surface area (Å²) in [4.78, 5) is 14.8. The molecule has 5 rings (SSSR count). The summed E-state index contributed by atoms with van der Waals surface area (Å²) >= 11 is 6.46. The summed E-state index contributed by atoms with van der Waals surface area (Å²) in [5.74, 6) is 0.0540. The highest BCUT2D eigenvalue weighted by Crippen LogP contribution is 2.29. The molecule has 2 aromatic heterocycles. The van der Waals surface area contributed by atoms with Crippen molar-refractivity contribution in [3.63, 3.8) is 0 Å². The summed E-state index contributed by atoms with van der Waals surface area (Å²) in [6.45, 7) is 2.36. The van der Waals surface area contributed by atoms with Crippen LogP contribution in [-0.4, -0.2) is 70.9 Å². The molecule has 0 amide bonds. The van der Waals surface area contributed by atoms with Crippen LogP contribution in [-0.2, 0) is 4.74 Å². The van der Waals surface area contributed by atoms with Crippen LogP contribution in [0.4, 0.5) is 15.8 Å². The van der Waals surface area contributed by atoms with Gasteiger partial charge in [0.25, 0.3) is 0 Å². The maximum absolute atomic E-state index is 14.4. The number of hydrogen-bond donors (Lipinski definition) is 2. The molecule has 2 N–H and O–H groups in total. The molecule has 188 valence electrons. The predicted octanol–water partition coefficient (Wildman–Crippen LogP) is 3.81. The third-order valence-electron chi connectivity index (χ3n) is 5.51. The smallest absolute Gasteiger partial charge is 0.241 e. The number of aliphatic imine (C=N–C) groups is 2. The number of aromatic nitrogens is 3. The Morgan fingerprint density at radius 2 is 2.03 bits per heavy atom. The first kappa shape index (κ1) is 24.5. The molecule has 12 heteroatoms. The van der Waals surface area contributed by atoms with E-state index in [1.165, 1.54) is 12.3 Å². The van der Waals surface area contributed by atoms with E-state index in [1.54, 1.807) is 18.5 Å². The maximum Gasteiger partial charge on any atom is 0.241 e. The van der Waals surface area contributed by atoms with Crippen LogP contribution in [0, 0.1) is 0 Å². The van der Waals surface area contributed by atoms with Crippen molar-refractivity contribution in [1.82, 2.24) is 25.5 Å². The molecule has 2 aliphatic rings. The fourth-order valence-electron chi connectivity index (χ4n) is 3.65. The number of halogens is 2. The Morgan fingerprint density at radius 3 is 2.78 bits per heavy atom. The highest BCUT2D eigenvalue weighted by atomic mass is 35.5. The molecular formula is C25H23ClFN9O. The molecule has 0 aliphatic carbocycles. The molecule has 0 unspecified atom stereocenters. The lowest BCUT2D eigenvalue weighted by Gasteiger charge is -2.28. The summed E-state index contributed by atoms with van der Waals surface area (Å²) < 4.78 is 19.8. The highest BCUT2D eigenvalue weighted by molar-refractivity contribution is 6.33. The molecule has 0 atom stereocenters. The van der Waals surface area contributed by atoms with Crippen LogP contribution in [0.1, 0.15) is 5.69 Å². The quantitative estimate of drug-likeness (QED) is 0.389. The lowest BCUT2D eigenvalue weighted by atomic mass is 10.1. The van der Waals surface area contributed by atoms with Crippen molar-refractivity contribution in [2.24, 2.45) is 15.1 Å². The van der Waals surface area contributed by atoms with Gasteiger partial charge in [-0.2, -0.15) is 20.3 Å². The molecule has 2 aliphatic heterocycles. The topological polar surface area (TPSA) is 112 Å². The Bertz CT molecular complexity index is 1350. The number of guanidine groups is 1. The minimum Gasteiger partial charge on any atom is -0.378 e. The molecule has 0 spiro atoms. The highest BCUT2D eigenvalue weighted by Gasteiger charge is 2.21. The van der Waals surface area contributed by atoms with Gasteiger partial charge in [0.1, 0.15) is 0 Å². The summed E-state index contributed by atoms with van der Waals surface area (Å²) in [7, 11) is 0. The largest absolute Gasteiger partial charge is 0.378 e. The number of hydrazone groups is 1. The zero-order valence-electron chi connectivity index (χ0n) is 19.7. The van der Waals surface area contributed by atoms with Crippen LogP contribution in [0.15, 0.2) is 81.8 Å². The second kappa shape index (κ2) is 11.7. The van der Waals surface area contributed by atoms with Crippen LogP contribution >= 0.6 is 11.6 Å². The normalized spacial score (nSPS) is 16.1. The van der Waals surface area contributed by atoms with Crippen molar-refractivity contribution in [2.75, 3.05) is 38.2 Å². The molecule has 0 saturated carbocycles. The summed E-state index contributed by atoms with van der Waals surface area (Å²) in [6.07, 6.45) is 6.23. The molecule has 1 saturated heterocycles. The van der Waals surface area contributed by atoms with Crippen LogP contribution in [0.3, 0.4) is 0 Å². The first-order valence-electron chi connectivity index (χ1n) is 11.6. The van der Waals surface area contributed by atoms with E-state index in [9.17, 15) is 4.39 Å². The zero-order chi connectivity index (χ0) is 25.5. The fraction of sp³-hybridized carbons (Fsp3) is 0.200. The Kier molecular flexibility index (Phi) is 7.72. The molecule has 1 aromatic carbocycles. The van der Waals surface area contributed by atoms with Gasteiger partial charge in [0, 0.05) is 24.8 Å². The van der Waals surface area contributed by atoms with Crippen molar-refractivity contribution < 1.29 is 9.13 Å². The summed E-state index contributed by atoms with van der Waals surface area (Å²) in [5.41, 5.74) is 6.49. The Morgan fingerprint density at radius 1 is 1.14 bits per heavy atom. The molecular weight excluding hydrogens is 497 g/mol. The van der Waals surface area contributed by atoms with E-state index in [2.05, 4.69) is 41.0 Å². The molecule has 3 aromatic rings. The van der Waals surface area contributed by atoms with Gasteiger partial charge in [-0.1, -0.05) is 17.7 Å². The molecule has 4 heterocycles. The first-order chi connectivity index (χ1) is 18.2. The average Bonchev–Trinajstić information content (AvgIpc) is 3.13. The van der Waals surface area contributed by atoms with Gasteiger partial charge in [-0.25, -0.2) is 14.8 Å². The number of hydrogen-bond acceptors (Lipinski definition) is 10. The van der Waals surface area contributed by atoms with Crippen LogP contribution in [0.5, 0.6) is 0 Å². The Balaban J connectivity index is 1.20. The van der Waals surface area contributed by atoms with Crippen LogP contribution < -0.4 is 10.7 Å². The molecule has 1 fully saturated rings. The van der Waals surface area contributed by atoms with Crippen LogP contribution in [0.25, 0.3) is 11.3 Å². The van der Waals surface area contributed by atoms with Gasteiger partial charge in [-0.15, -0.1) is 0 Å². The monoisotopic (exact) mass is 519 g/mol. The van der Waals surface area contributed by atoms with Gasteiger partial charge in [-0.3, -0.25) is 4.98 Å². The number of morpholine rings is 1. The van der Waals surface area contributed by atoms with E-state index in [0.717, 1.165) is 22.6 Å².